The summed E-state index contributed by atoms with van der Waals surface area (Å²) in [7, 11) is 0. The van der Waals surface area contributed by atoms with Gasteiger partial charge in [-0.15, -0.1) is 10.2 Å². The normalized spacial score (nSPS) is 24.5. The molecule has 2 aliphatic heterocycles. The van der Waals surface area contributed by atoms with Gasteiger partial charge in [0.25, 0.3) is 0 Å². The first-order valence-corrected chi connectivity index (χ1v) is 10.6. The van der Waals surface area contributed by atoms with Crippen LogP contribution in [0.4, 0.5) is 5.95 Å². The number of nitrogens with one attached hydrogen (secondary N) is 1. The standard InChI is InChI=1S/C20H30N6O2/c1-15-11-16(22-21-15)12-18-23-24-19(26(18)13-17-5-2-3-9-27-17)25-8-10-28-20(14-25)6-4-7-20/h11,17H,2-10,12-14H2,1H3,(H,21,22). The number of rotatable bonds is 5. The third-order valence-electron chi connectivity index (χ3n) is 6.36. The lowest BCUT2D eigenvalue weighted by molar-refractivity contribution is -0.107. The number of hydrogen-bond donors (Lipinski definition) is 1. The molecular weight excluding hydrogens is 356 g/mol. The Morgan fingerprint density at radius 3 is 2.86 bits per heavy atom. The molecule has 1 aliphatic carbocycles. The van der Waals surface area contributed by atoms with Crippen molar-refractivity contribution in [2.24, 2.45) is 0 Å². The summed E-state index contributed by atoms with van der Waals surface area (Å²) in [5.74, 6) is 1.93. The largest absolute Gasteiger partial charge is 0.376 e. The molecular formula is C20H30N6O2. The summed E-state index contributed by atoms with van der Waals surface area (Å²) in [5, 5.41) is 16.6. The van der Waals surface area contributed by atoms with Crippen LogP contribution in [0.5, 0.6) is 0 Å². The van der Waals surface area contributed by atoms with Gasteiger partial charge in [-0.2, -0.15) is 5.10 Å². The number of morpholine rings is 1. The highest BCUT2D eigenvalue weighted by atomic mass is 16.5. The van der Waals surface area contributed by atoms with Crippen molar-refractivity contribution in [2.45, 2.75) is 70.1 Å². The minimum absolute atomic E-state index is 0.0375. The third-order valence-corrected chi connectivity index (χ3v) is 6.36. The first kappa shape index (κ1) is 18.1. The smallest absolute Gasteiger partial charge is 0.227 e. The fourth-order valence-electron chi connectivity index (χ4n) is 4.65. The monoisotopic (exact) mass is 386 g/mol. The SMILES string of the molecule is Cc1cc(Cc2nnc(N3CCOC4(CCC4)C3)n2CC2CCCCO2)n[nH]1. The topological polar surface area (TPSA) is 81.1 Å². The van der Waals surface area contributed by atoms with Crippen molar-refractivity contribution in [3.63, 3.8) is 0 Å². The second-order valence-corrected chi connectivity index (χ2v) is 8.54. The van der Waals surface area contributed by atoms with Crippen LogP contribution in [0.3, 0.4) is 0 Å². The van der Waals surface area contributed by atoms with Gasteiger partial charge in [0.05, 0.1) is 37.0 Å². The zero-order valence-electron chi connectivity index (χ0n) is 16.7. The van der Waals surface area contributed by atoms with Crippen LogP contribution in [0.1, 0.15) is 55.7 Å². The molecule has 8 nitrogen and oxygen atoms in total. The molecule has 2 aromatic rings. The van der Waals surface area contributed by atoms with E-state index in [4.69, 9.17) is 9.47 Å². The first-order chi connectivity index (χ1) is 13.7. The second kappa shape index (κ2) is 7.48. The number of H-pyrrole nitrogens is 1. The van der Waals surface area contributed by atoms with E-state index in [-0.39, 0.29) is 11.7 Å². The van der Waals surface area contributed by atoms with E-state index in [1.54, 1.807) is 0 Å². The first-order valence-electron chi connectivity index (χ1n) is 10.6. The fraction of sp³-hybridized carbons (Fsp3) is 0.750. The summed E-state index contributed by atoms with van der Waals surface area (Å²) in [6.07, 6.45) is 7.99. The Labute approximate surface area is 165 Å². The van der Waals surface area contributed by atoms with Gasteiger partial charge in [0.1, 0.15) is 5.82 Å². The molecule has 1 N–H and O–H groups in total. The molecule has 3 aliphatic rings. The Hall–Kier alpha value is -1.93. The number of aryl methyl sites for hydroxylation is 1. The van der Waals surface area contributed by atoms with Crippen molar-refractivity contribution in [1.82, 2.24) is 25.0 Å². The molecule has 1 spiro atoms. The van der Waals surface area contributed by atoms with Gasteiger partial charge in [0.15, 0.2) is 0 Å². The van der Waals surface area contributed by atoms with E-state index in [9.17, 15) is 0 Å². The van der Waals surface area contributed by atoms with Gasteiger partial charge in [0.2, 0.25) is 5.95 Å². The van der Waals surface area contributed by atoms with Crippen LogP contribution in [-0.4, -0.2) is 63.0 Å². The van der Waals surface area contributed by atoms with Gasteiger partial charge < -0.3 is 14.4 Å². The molecule has 2 saturated heterocycles. The van der Waals surface area contributed by atoms with Crippen molar-refractivity contribution in [3.8, 4) is 0 Å². The molecule has 0 aromatic carbocycles. The highest BCUT2D eigenvalue weighted by Gasteiger charge is 2.43. The number of anilines is 1. The molecule has 1 atom stereocenters. The lowest BCUT2D eigenvalue weighted by atomic mass is 9.79. The summed E-state index contributed by atoms with van der Waals surface area (Å²) < 4.78 is 14.4. The van der Waals surface area contributed by atoms with Crippen molar-refractivity contribution in [1.29, 1.82) is 0 Å². The molecule has 5 rings (SSSR count). The van der Waals surface area contributed by atoms with Crippen molar-refractivity contribution < 1.29 is 9.47 Å². The number of aromatic amines is 1. The second-order valence-electron chi connectivity index (χ2n) is 8.54. The minimum Gasteiger partial charge on any atom is -0.376 e. The van der Waals surface area contributed by atoms with Crippen LogP contribution in [0.15, 0.2) is 6.07 Å². The summed E-state index contributed by atoms with van der Waals surface area (Å²) in [6, 6.07) is 2.08. The maximum absolute atomic E-state index is 6.11. The molecule has 4 heterocycles. The highest BCUT2D eigenvalue weighted by molar-refractivity contribution is 5.34. The number of hydrogen-bond acceptors (Lipinski definition) is 6. The van der Waals surface area contributed by atoms with E-state index >= 15 is 0 Å². The number of nitrogens with zero attached hydrogens (tertiary/aromatic N) is 5. The molecule has 0 radical (unpaired) electrons. The molecule has 1 saturated carbocycles. The quantitative estimate of drug-likeness (QED) is 0.849. The Morgan fingerprint density at radius 1 is 1.21 bits per heavy atom. The summed E-state index contributed by atoms with van der Waals surface area (Å²) in [5.41, 5.74) is 2.10. The summed E-state index contributed by atoms with van der Waals surface area (Å²) in [6.45, 7) is 6.24. The third kappa shape index (κ3) is 3.55. The predicted molar refractivity (Wildman–Crippen MR) is 104 cm³/mol. The fourth-order valence-corrected chi connectivity index (χ4v) is 4.65. The molecule has 28 heavy (non-hydrogen) atoms. The Balaban J connectivity index is 1.41. The number of aromatic nitrogens is 5. The molecule has 1 unspecified atom stereocenters. The maximum atomic E-state index is 6.11. The van der Waals surface area contributed by atoms with Crippen LogP contribution in [0, 0.1) is 6.92 Å². The maximum Gasteiger partial charge on any atom is 0.227 e. The molecule has 3 fully saturated rings. The van der Waals surface area contributed by atoms with Gasteiger partial charge in [0, 0.05) is 25.4 Å². The van der Waals surface area contributed by atoms with Crippen LogP contribution >= 0.6 is 0 Å². The molecule has 0 amide bonds. The number of ether oxygens (including phenoxy) is 2. The lowest BCUT2D eigenvalue weighted by Gasteiger charge is -2.48. The average molecular weight is 387 g/mol. The van der Waals surface area contributed by atoms with Crippen molar-refractivity contribution in [2.75, 3.05) is 31.2 Å². The minimum atomic E-state index is 0.0375. The Morgan fingerprint density at radius 2 is 2.14 bits per heavy atom. The van der Waals surface area contributed by atoms with Gasteiger partial charge >= 0.3 is 0 Å². The summed E-state index contributed by atoms with van der Waals surface area (Å²) in [4.78, 5) is 2.37. The highest BCUT2D eigenvalue weighted by Crippen LogP contribution is 2.39. The zero-order chi connectivity index (χ0) is 19.0. The molecule has 0 bridgehead atoms. The predicted octanol–water partition coefficient (Wildman–Crippen LogP) is 2.23. The molecule has 2 aromatic heterocycles. The van der Waals surface area contributed by atoms with Crippen LogP contribution < -0.4 is 4.90 Å². The van der Waals surface area contributed by atoms with E-state index in [0.717, 1.165) is 81.7 Å². The van der Waals surface area contributed by atoms with E-state index < -0.39 is 0 Å². The van der Waals surface area contributed by atoms with Crippen LogP contribution in [0.25, 0.3) is 0 Å². The van der Waals surface area contributed by atoms with Gasteiger partial charge in [-0.05, 0) is 51.5 Å². The van der Waals surface area contributed by atoms with E-state index in [0.29, 0.717) is 6.42 Å². The van der Waals surface area contributed by atoms with Crippen molar-refractivity contribution in [3.05, 3.63) is 23.3 Å². The van der Waals surface area contributed by atoms with Gasteiger partial charge in [-0.25, -0.2) is 0 Å². The average Bonchev–Trinajstić information content (AvgIpc) is 3.28. The lowest BCUT2D eigenvalue weighted by Crippen LogP contribution is -2.56. The van der Waals surface area contributed by atoms with Crippen molar-refractivity contribution >= 4 is 5.95 Å². The molecule has 8 heteroatoms. The zero-order valence-corrected chi connectivity index (χ0v) is 16.7. The van der Waals surface area contributed by atoms with E-state index in [2.05, 4.69) is 35.9 Å². The summed E-state index contributed by atoms with van der Waals surface area (Å²) >= 11 is 0. The van der Waals surface area contributed by atoms with Gasteiger partial charge in [-0.3, -0.25) is 9.67 Å². The Bertz CT molecular complexity index is 805. The van der Waals surface area contributed by atoms with Crippen LogP contribution in [0.2, 0.25) is 0 Å². The van der Waals surface area contributed by atoms with E-state index in [1.165, 1.54) is 12.8 Å². The van der Waals surface area contributed by atoms with Gasteiger partial charge in [-0.1, -0.05) is 0 Å². The van der Waals surface area contributed by atoms with Crippen LogP contribution in [-0.2, 0) is 22.4 Å². The Kier molecular flexibility index (Phi) is 4.84. The van der Waals surface area contributed by atoms with E-state index in [1.807, 2.05) is 6.92 Å². The molecule has 152 valence electrons.